The molecule has 3 rings (SSSR count). The van der Waals surface area contributed by atoms with Crippen LogP contribution in [0.2, 0.25) is 0 Å². The maximum atomic E-state index is 12.3. The molecule has 1 aliphatic heterocycles. The topological polar surface area (TPSA) is 63.9 Å². The van der Waals surface area contributed by atoms with Gasteiger partial charge in [0, 0.05) is 19.6 Å². The van der Waals surface area contributed by atoms with E-state index in [1.54, 1.807) is 19.2 Å². The Morgan fingerprint density at radius 2 is 1.96 bits per heavy atom. The van der Waals surface area contributed by atoms with Crippen molar-refractivity contribution in [2.75, 3.05) is 40.0 Å². The number of nitrogens with zero attached hydrogens (tertiary/aromatic N) is 1. The van der Waals surface area contributed by atoms with Gasteiger partial charge in [-0.2, -0.15) is 0 Å². The van der Waals surface area contributed by atoms with Crippen molar-refractivity contribution in [2.45, 2.75) is 6.04 Å². The summed E-state index contributed by atoms with van der Waals surface area (Å²) in [4.78, 5) is 14.6. The van der Waals surface area contributed by atoms with Crippen molar-refractivity contribution in [1.29, 1.82) is 0 Å². The van der Waals surface area contributed by atoms with Crippen molar-refractivity contribution < 1.29 is 18.7 Å². The van der Waals surface area contributed by atoms with Gasteiger partial charge in [-0.15, -0.1) is 0 Å². The molecular formula is C18H21BrN2O4. The van der Waals surface area contributed by atoms with Crippen LogP contribution >= 0.6 is 15.9 Å². The summed E-state index contributed by atoms with van der Waals surface area (Å²) in [5, 5.41) is 2.97. The number of nitrogens with one attached hydrogen (secondary N) is 1. The van der Waals surface area contributed by atoms with Crippen LogP contribution in [-0.4, -0.2) is 50.8 Å². The van der Waals surface area contributed by atoms with Gasteiger partial charge < -0.3 is 19.2 Å². The van der Waals surface area contributed by atoms with Crippen molar-refractivity contribution in [3.63, 3.8) is 0 Å². The summed E-state index contributed by atoms with van der Waals surface area (Å²) < 4.78 is 16.5. The molecule has 0 radical (unpaired) electrons. The predicted octanol–water partition coefficient (Wildman–Crippen LogP) is 2.85. The fourth-order valence-corrected chi connectivity index (χ4v) is 3.19. The molecule has 1 atom stereocenters. The highest BCUT2D eigenvalue weighted by atomic mass is 79.9. The number of carbonyl (C=O) groups excluding carboxylic acids is 1. The van der Waals surface area contributed by atoms with Gasteiger partial charge >= 0.3 is 0 Å². The molecule has 1 saturated heterocycles. The molecule has 1 amide bonds. The summed E-state index contributed by atoms with van der Waals surface area (Å²) >= 11 is 3.21. The van der Waals surface area contributed by atoms with Crippen molar-refractivity contribution in [3.05, 3.63) is 52.4 Å². The largest absolute Gasteiger partial charge is 0.497 e. The molecule has 2 heterocycles. The number of rotatable bonds is 6. The zero-order chi connectivity index (χ0) is 17.6. The van der Waals surface area contributed by atoms with Crippen molar-refractivity contribution >= 4 is 21.8 Å². The zero-order valence-corrected chi connectivity index (χ0v) is 15.6. The first-order valence-corrected chi connectivity index (χ1v) is 8.96. The van der Waals surface area contributed by atoms with Gasteiger partial charge in [0.1, 0.15) is 5.75 Å². The molecule has 1 aromatic carbocycles. The van der Waals surface area contributed by atoms with Crippen LogP contribution in [0.3, 0.4) is 0 Å². The Balaban J connectivity index is 1.72. The van der Waals surface area contributed by atoms with E-state index in [2.05, 4.69) is 26.1 Å². The van der Waals surface area contributed by atoms with Crippen LogP contribution in [0, 0.1) is 0 Å². The Morgan fingerprint density at radius 3 is 2.56 bits per heavy atom. The lowest BCUT2D eigenvalue weighted by molar-refractivity contribution is 0.0161. The Hall–Kier alpha value is -1.83. The van der Waals surface area contributed by atoms with E-state index in [9.17, 15) is 4.79 Å². The minimum absolute atomic E-state index is 0.0668. The number of furan rings is 1. The second kappa shape index (κ2) is 8.51. The predicted molar refractivity (Wildman–Crippen MR) is 96.9 cm³/mol. The second-order valence-corrected chi connectivity index (χ2v) is 6.53. The maximum Gasteiger partial charge on any atom is 0.287 e. The standard InChI is InChI=1S/C18H21BrN2O4/c1-23-14-4-2-13(3-5-14)15(21-8-10-24-11-9-21)12-20-18(22)16-6-7-17(19)25-16/h2-7,15H,8-12H2,1H3,(H,20,22)/t15-/m0/s1. The highest BCUT2D eigenvalue weighted by molar-refractivity contribution is 9.10. The van der Waals surface area contributed by atoms with Gasteiger partial charge in [0.2, 0.25) is 0 Å². The SMILES string of the molecule is COc1ccc([C@H](CNC(=O)c2ccc(Br)o2)N2CCOCC2)cc1. The molecule has 0 aliphatic carbocycles. The molecule has 2 aromatic rings. The van der Waals surface area contributed by atoms with Gasteiger partial charge in [0.15, 0.2) is 10.4 Å². The average molecular weight is 409 g/mol. The van der Waals surface area contributed by atoms with E-state index in [0.29, 0.717) is 30.2 Å². The van der Waals surface area contributed by atoms with Crippen LogP contribution < -0.4 is 10.1 Å². The number of carbonyl (C=O) groups is 1. The zero-order valence-electron chi connectivity index (χ0n) is 14.0. The quantitative estimate of drug-likeness (QED) is 0.795. The Morgan fingerprint density at radius 1 is 1.24 bits per heavy atom. The molecule has 0 unspecified atom stereocenters. The average Bonchev–Trinajstić information content (AvgIpc) is 3.10. The van der Waals surface area contributed by atoms with Gasteiger partial charge in [-0.3, -0.25) is 9.69 Å². The minimum Gasteiger partial charge on any atom is -0.497 e. The third-order valence-electron chi connectivity index (χ3n) is 4.24. The smallest absolute Gasteiger partial charge is 0.287 e. The molecule has 0 saturated carbocycles. The molecule has 1 aliphatic rings. The van der Waals surface area contributed by atoms with Crippen LogP contribution in [0.1, 0.15) is 22.2 Å². The highest BCUT2D eigenvalue weighted by Gasteiger charge is 2.24. The minimum atomic E-state index is -0.225. The van der Waals surface area contributed by atoms with Crippen LogP contribution in [0.5, 0.6) is 5.75 Å². The number of morpholine rings is 1. The number of amides is 1. The van der Waals surface area contributed by atoms with Gasteiger partial charge in [0.05, 0.1) is 26.4 Å². The molecule has 134 valence electrons. The fourth-order valence-electron chi connectivity index (χ4n) is 2.89. The summed E-state index contributed by atoms with van der Waals surface area (Å²) in [6, 6.07) is 11.4. The third kappa shape index (κ3) is 4.62. The Labute approximate surface area is 155 Å². The monoisotopic (exact) mass is 408 g/mol. The fraction of sp³-hybridized carbons (Fsp3) is 0.389. The van der Waals surface area contributed by atoms with Crippen LogP contribution in [-0.2, 0) is 4.74 Å². The third-order valence-corrected chi connectivity index (χ3v) is 4.67. The first-order valence-electron chi connectivity index (χ1n) is 8.16. The van der Waals surface area contributed by atoms with Crippen molar-refractivity contribution in [1.82, 2.24) is 10.2 Å². The molecular weight excluding hydrogens is 388 g/mol. The molecule has 0 spiro atoms. The molecule has 0 bridgehead atoms. The number of hydrogen-bond donors (Lipinski definition) is 1. The summed E-state index contributed by atoms with van der Waals surface area (Å²) in [6.45, 7) is 3.55. The first-order chi connectivity index (χ1) is 12.2. The van der Waals surface area contributed by atoms with E-state index < -0.39 is 0 Å². The normalized spacial score (nSPS) is 16.4. The van der Waals surface area contributed by atoms with Gasteiger partial charge in [-0.25, -0.2) is 0 Å². The maximum absolute atomic E-state index is 12.3. The van der Waals surface area contributed by atoms with E-state index >= 15 is 0 Å². The Kier molecular flexibility index (Phi) is 6.12. The van der Waals surface area contributed by atoms with Gasteiger partial charge in [-0.05, 0) is 45.8 Å². The van der Waals surface area contributed by atoms with Gasteiger partial charge in [-0.1, -0.05) is 12.1 Å². The highest BCUT2D eigenvalue weighted by Crippen LogP contribution is 2.24. The number of hydrogen-bond acceptors (Lipinski definition) is 5. The number of methoxy groups -OCH3 is 1. The van der Waals surface area contributed by atoms with Crippen molar-refractivity contribution in [2.24, 2.45) is 0 Å². The lowest BCUT2D eigenvalue weighted by Crippen LogP contribution is -2.43. The van der Waals surface area contributed by atoms with E-state index in [0.717, 1.165) is 24.4 Å². The first kappa shape index (κ1) is 18.0. The van der Waals surface area contributed by atoms with Gasteiger partial charge in [0.25, 0.3) is 5.91 Å². The van der Waals surface area contributed by atoms with E-state index in [4.69, 9.17) is 13.9 Å². The number of ether oxygens (including phenoxy) is 2. The van der Waals surface area contributed by atoms with Crippen LogP contribution in [0.4, 0.5) is 0 Å². The lowest BCUT2D eigenvalue weighted by Gasteiger charge is -2.34. The van der Waals surface area contributed by atoms with E-state index in [-0.39, 0.29) is 11.9 Å². The van der Waals surface area contributed by atoms with E-state index in [1.807, 2.05) is 24.3 Å². The number of halogens is 1. The van der Waals surface area contributed by atoms with Crippen molar-refractivity contribution in [3.8, 4) is 5.75 Å². The van der Waals surface area contributed by atoms with Crippen LogP contribution in [0.25, 0.3) is 0 Å². The molecule has 7 heteroatoms. The molecule has 25 heavy (non-hydrogen) atoms. The summed E-state index contributed by atoms with van der Waals surface area (Å²) in [5.74, 6) is 0.883. The molecule has 6 nitrogen and oxygen atoms in total. The van der Waals surface area contributed by atoms with Crippen LogP contribution in [0.15, 0.2) is 45.5 Å². The molecule has 1 N–H and O–H groups in total. The summed E-state index contributed by atoms with van der Waals surface area (Å²) in [5.41, 5.74) is 1.13. The molecule has 1 fully saturated rings. The summed E-state index contributed by atoms with van der Waals surface area (Å²) in [6.07, 6.45) is 0. The number of benzene rings is 1. The Bertz CT molecular complexity index is 695. The summed E-state index contributed by atoms with van der Waals surface area (Å²) in [7, 11) is 1.65. The van der Waals surface area contributed by atoms with E-state index in [1.165, 1.54) is 0 Å². The molecule has 1 aromatic heterocycles. The second-order valence-electron chi connectivity index (χ2n) is 5.75. The lowest BCUT2D eigenvalue weighted by atomic mass is 10.0.